The smallest absolute Gasteiger partial charge is 0.250 e. The van der Waals surface area contributed by atoms with Crippen molar-refractivity contribution >= 4 is 23.1 Å². The van der Waals surface area contributed by atoms with Crippen LogP contribution in [0.25, 0.3) is 22.2 Å². The third kappa shape index (κ3) is 4.92. The SMILES string of the molecule is CN/C=C(\C=N)c1cc(-c2ccc(N3CCN(Cc4ccn(C)c(=O)c4)CC3)nc2)c2c(C#N)cnn2c1. The van der Waals surface area contributed by atoms with Crippen molar-refractivity contribution in [2.24, 2.45) is 7.05 Å². The molecule has 2 N–H and O–H groups in total. The zero-order valence-corrected chi connectivity index (χ0v) is 21.4. The average Bonchev–Trinajstić information content (AvgIpc) is 3.37. The number of aromatic nitrogens is 4. The Balaban J connectivity index is 1.36. The van der Waals surface area contributed by atoms with Gasteiger partial charge in [0.2, 0.25) is 0 Å². The van der Waals surface area contributed by atoms with E-state index in [1.54, 1.807) is 41.6 Å². The second kappa shape index (κ2) is 10.7. The number of rotatable bonds is 7. The summed E-state index contributed by atoms with van der Waals surface area (Å²) in [5.74, 6) is 0.901. The highest BCUT2D eigenvalue weighted by atomic mass is 16.1. The van der Waals surface area contributed by atoms with Gasteiger partial charge in [-0.05, 0) is 29.8 Å². The maximum Gasteiger partial charge on any atom is 0.250 e. The van der Waals surface area contributed by atoms with E-state index in [4.69, 9.17) is 10.4 Å². The summed E-state index contributed by atoms with van der Waals surface area (Å²) < 4.78 is 3.27. The van der Waals surface area contributed by atoms with Crippen molar-refractivity contribution in [3.63, 3.8) is 0 Å². The molecule has 0 spiro atoms. The summed E-state index contributed by atoms with van der Waals surface area (Å²) in [5.41, 5.74) is 5.45. The van der Waals surface area contributed by atoms with Gasteiger partial charge in [0, 0.05) is 106 Å². The van der Waals surface area contributed by atoms with Crippen molar-refractivity contribution < 1.29 is 0 Å². The zero-order chi connectivity index (χ0) is 26.6. The molecule has 0 atom stereocenters. The zero-order valence-electron chi connectivity index (χ0n) is 21.4. The molecule has 0 amide bonds. The van der Waals surface area contributed by atoms with Gasteiger partial charge < -0.3 is 20.2 Å². The standard InChI is InChI=1S/C28H29N9O/c1-31-15-23(13-29)22-12-25(28-24(14-30)17-33-37(28)19-22)21-3-4-26(32-16-21)36-9-7-35(8-10-36)18-20-5-6-34(2)27(38)11-20/h3-6,11-13,15-17,19,29,31H,7-10,18H2,1-2H3/b23-15+,29-13?. The fourth-order valence-electron chi connectivity index (χ4n) is 4.76. The van der Waals surface area contributed by atoms with Gasteiger partial charge >= 0.3 is 0 Å². The van der Waals surface area contributed by atoms with Gasteiger partial charge in [0.15, 0.2) is 0 Å². The van der Waals surface area contributed by atoms with Crippen LogP contribution >= 0.6 is 0 Å². The van der Waals surface area contributed by atoms with Gasteiger partial charge in [0.1, 0.15) is 11.9 Å². The minimum Gasteiger partial charge on any atom is -0.393 e. The molecule has 1 saturated heterocycles. The van der Waals surface area contributed by atoms with Crippen LogP contribution in [-0.2, 0) is 13.6 Å². The summed E-state index contributed by atoms with van der Waals surface area (Å²) >= 11 is 0. The van der Waals surface area contributed by atoms with Crippen LogP contribution in [0.3, 0.4) is 0 Å². The molecule has 10 nitrogen and oxygen atoms in total. The average molecular weight is 508 g/mol. The van der Waals surface area contributed by atoms with Crippen LogP contribution in [-0.4, -0.2) is 63.5 Å². The summed E-state index contributed by atoms with van der Waals surface area (Å²) in [6, 6.07) is 11.9. The Morgan fingerprint density at radius 1 is 1.18 bits per heavy atom. The minimum atomic E-state index is 0.0122. The third-order valence-electron chi connectivity index (χ3n) is 6.85. The number of hydrogen-bond donors (Lipinski definition) is 2. The van der Waals surface area contributed by atoms with Crippen LogP contribution < -0.4 is 15.8 Å². The fourth-order valence-corrected chi connectivity index (χ4v) is 4.76. The number of piperazine rings is 1. The van der Waals surface area contributed by atoms with Gasteiger partial charge in [0.25, 0.3) is 5.56 Å². The van der Waals surface area contributed by atoms with Crippen LogP contribution in [0.1, 0.15) is 16.7 Å². The van der Waals surface area contributed by atoms with Crippen molar-refractivity contribution in [2.75, 3.05) is 38.1 Å². The van der Waals surface area contributed by atoms with Gasteiger partial charge in [0.05, 0.1) is 17.3 Å². The number of pyridine rings is 3. The monoisotopic (exact) mass is 507 g/mol. The quantitative estimate of drug-likeness (QED) is 0.369. The number of hydrogen-bond acceptors (Lipinski definition) is 8. The highest BCUT2D eigenvalue weighted by Crippen LogP contribution is 2.30. The van der Waals surface area contributed by atoms with E-state index in [2.05, 4.69) is 26.3 Å². The van der Waals surface area contributed by atoms with Crippen molar-refractivity contribution in [1.29, 1.82) is 10.7 Å². The van der Waals surface area contributed by atoms with E-state index in [0.29, 0.717) is 16.7 Å². The topological polar surface area (TPSA) is 118 Å². The molecule has 4 aromatic heterocycles. The van der Waals surface area contributed by atoms with Crippen molar-refractivity contribution in [3.8, 4) is 17.2 Å². The molecular weight excluding hydrogens is 478 g/mol. The Morgan fingerprint density at radius 2 is 2.00 bits per heavy atom. The molecule has 0 bridgehead atoms. The van der Waals surface area contributed by atoms with Gasteiger partial charge in [-0.25, -0.2) is 9.50 Å². The van der Waals surface area contributed by atoms with Gasteiger partial charge in [-0.2, -0.15) is 10.4 Å². The fraction of sp³-hybridized carbons (Fsp3) is 0.250. The molecule has 5 rings (SSSR count). The maximum atomic E-state index is 11.9. The van der Waals surface area contributed by atoms with Crippen LogP contribution in [0.4, 0.5) is 5.82 Å². The summed E-state index contributed by atoms with van der Waals surface area (Å²) in [5, 5.41) is 24.8. The number of nitrogens with zero attached hydrogens (tertiary/aromatic N) is 7. The van der Waals surface area contributed by atoms with Crippen molar-refractivity contribution in [3.05, 3.63) is 88.4 Å². The van der Waals surface area contributed by atoms with Crippen LogP contribution in [0.2, 0.25) is 0 Å². The molecule has 1 aliphatic rings. The molecule has 0 aliphatic carbocycles. The van der Waals surface area contributed by atoms with Gasteiger partial charge in [-0.1, -0.05) is 0 Å². The lowest BCUT2D eigenvalue weighted by Gasteiger charge is -2.35. The molecular formula is C28H29N9O. The number of anilines is 1. The summed E-state index contributed by atoms with van der Waals surface area (Å²) in [4.78, 5) is 21.3. The molecule has 5 heterocycles. The highest BCUT2D eigenvalue weighted by Gasteiger charge is 2.19. The molecule has 0 radical (unpaired) electrons. The lowest BCUT2D eigenvalue weighted by atomic mass is 10.0. The van der Waals surface area contributed by atoms with E-state index in [1.165, 1.54) is 6.21 Å². The van der Waals surface area contributed by atoms with Crippen LogP contribution in [0.15, 0.2) is 66.1 Å². The number of aryl methyl sites for hydroxylation is 1. The normalized spacial score (nSPS) is 14.4. The lowest BCUT2D eigenvalue weighted by molar-refractivity contribution is 0.249. The van der Waals surface area contributed by atoms with E-state index < -0.39 is 0 Å². The van der Waals surface area contributed by atoms with Gasteiger partial charge in [-0.3, -0.25) is 9.69 Å². The maximum absolute atomic E-state index is 11.9. The first-order valence-electron chi connectivity index (χ1n) is 12.4. The summed E-state index contributed by atoms with van der Waals surface area (Å²) in [7, 11) is 3.55. The molecule has 192 valence electrons. The van der Waals surface area contributed by atoms with Crippen LogP contribution in [0, 0.1) is 16.7 Å². The Labute approximate surface area is 220 Å². The first kappa shape index (κ1) is 24.9. The molecule has 0 aromatic carbocycles. The number of fused-ring (bicyclic) bond motifs is 1. The van der Waals surface area contributed by atoms with Crippen molar-refractivity contribution in [2.45, 2.75) is 6.54 Å². The Hall–Kier alpha value is -4.75. The van der Waals surface area contributed by atoms with Gasteiger partial charge in [-0.15, -0.1) is 0 Å². The molecule has 0 unspecified atom stereocenters. The predicted molar refractivity (Wildman–Crippen MR) is 148 cm³/mol. The van der Waals surface area contributed by atoms with E-state index in [-0.39, 0.29) is 5.56 Å². The largest absolute Gasteiger partial charge is 0.393 e. The molecule has 38 heavy (non-hydrogen) atoms. The van der Waals surface area contributed by atoms with E-state index in [9.17, 15) is 10.1 Å². The van der Waals surface area contributed by atoms with Crippen LogP contribution in [0.5, 0.6) is 0 Å². The Bertz CT molecular complexity index is 1600. The van der Waals surface area contributed by atoms with E-state index in [0.717, 1.165) is 60.8 Å². The molecule has 1 aliphatic heterocycles. The summed E-state index contributed by atoms with van der Waals surface area (Å²) in [6.07, 6.45) is 10.1. The number of nitrogens with one attached hydrogen (secondary N) is 2. The number of nitriles is 1. The molecule has 1 fully saturated rings. The molecule has 10 heteroatoms. The molecule has 4 aromatic rings. The first-order chi connectivity index (χ1) is 18.5. The number of allylic oxidation sites excluding steroid dienone is 1. The van der Waals surface area contributed by atoms with E-state index >= 15 is 0 Å². The first-order valence-corrected chi connectivity index (χ1v) is 12.4. The third-order valence-corrected chi connectivity index (χ3v) is 6.85. The second-order valence-electron chi connectivity index (χ2n) is 9.29. The highest BCUT2D eigenvalue weighted by molar-refractivity contribution is 6.08. The Kier molecular flexibility index (Phi) is 7.02. The predicted octanol–water partition coefficient (Wildman–Crippen LogP) is 2.50. The van der Waals surface area contributed by atoms with Crippen molar-refractivity contribution in [1.82, 2.24) is 29.4 Å². The minimum absolute atomic E-state index is 0.0122. The Morgan fingerprint density at radius 3 is 2.66 bits per heavy atom. The molecule has 0 saturated carbocycles. The second-order valence-corrected chi connectivity index (χ2v) is 9.29. The van der Waals surface area contributed by atoms with E-state index in [1.807, 2.05) is 42.9 Å². The lowest BCUT2D eigenvalue weighted by Crippen LogP contribution is -2.46. The summed E-state index contributed by atoms with van der Waals surface area (Å²) in [6.45, 7) is 4.21.